The van der Waals surface area contributed by atoms with Gasteiger partial charge in [0.15, 0.2) is 0 Å². The number of ether oxygens (including phenoxy) is 2. The van der Waals surface area contributed by atoms with Crippen LogP contribution < -0.4 is 5.56 Å². The molecule has 0 aliphatic carbocycles. The van der Waals surface area contributed by atoms with Crippen LogP contribution in [0, 0.1) is 0 Å². The van der Waals surface area contributed by atoms with E-state index < -0.39 is 0 Å². The minimum Gasteiger partial charge on any atom is -0.385 e. The number of H-pyrrole nitrogens is 1. The zero-order chi connectivity index (χ0) is 19.3. The molecule has 1 aromatic carbocycles. The lowest BCUT2D eigenvalue weighted by Crippen LogP contribution is -2.16. The molecule has 3 heterocycles. The van der Waals surface area contributed by atoms with Crippen molar-refractivity contribution in [3.63, 3.8) is 0 Å². The summed E-state index contributed by atoms with van der Waals surface area (Å²) in [6, 6.07) is 13.9. The van der Waals surface area contributed by atoms with Crippen LogP contribution in [0.15, 0.2) is 58.8 Å². The van der Waals surface area contributed by atoms with Crippen LogP contribution in [0.25, 0.3) is 27.2 Å². The van der Waals surface area contributed by atoms with Crippen molar-refractivity contribution in [3.8, 4) is 21.6 Å². The van der Waals surface area contributed by atoms with Crippen molar-refractivity contribution in [1.29, 1.82) is 0 Å². The first-order valence-corrected chi connectivity index (χ1v) is 9.95. The maximum Gasteiger partial charge on any atom is 0.274 e. The Hall–Kier alpha value is -2.74. The van der Waals surface area contributed by atoms with Crippen LogP contribution in [-0.4, -0.2) is 34.9 Å². The van der Waals surface area contributed by atoms with Crippen molar-refractivity contribution < 1.29 is 9.47 Å². The molecule has 0 aliphatic rings. The van der Waals surface area contributed by atoms with E-state index >= 15 is 0 Å². The van der Waals surface area contributed by atoms with Gasteiger partial charge in [0.05, 0.1) is 18.4 Å². The zero-order valence-electron chi connectivity index (χ0n) is 15.6. The fraction of sp³-hybridized carbons (Fsp3) is 0.238. The first-order chi connectivity index (χ1) is 13.8. The highest BCUT2D eigenvalue weighted by molar-refractivity contribution is 7.14. The molecule has 0 saturated carbocycles. The number of hydrogen-bond donors (Lipinski definition) is 1. The van der Waals surface area contributed by atoms with Crippen LogP contribution in [-0.2, 0) is 16.1 Å². The first-order valence-electron chi connectivity index (χ1n) is 9.07. The minimum atomic E-state index is -0.171. The van der Waals surface area contributed by atoms with Crippen LogP contribution >= 0.6 is 11.3 Å². The van der Waals surface area contributed by atoms with Crippen molar-refractivity contribution in [2.45, 2.75) is 13.0 Å². The third kappa shape index (κ3) is 3.91. The Morgan fingerprint density at radius 3 is 2.82 bits per heavy atom. The average molecular weight is 395 g/mol. The monoisotopic (exact) mass is 395 g/mol. The third-order valence-electron chi connectivity index (χ3n) is 4.42. The fourth-order valence-electron chi connectivity index (χ4n) is 3.04. The number of nitrogens with one attached hydrogen (secondary N) is 1. The van der Waals surface area contributed by atoms with E-state index in [0.29, 0.717) is 25.5 Å². The highest BCUT2D eigenvalue weighted by Gasteiger charge is 2.13. The molecule has 0 atom stereocenters. The normalized spacial score (nSPS) is 11.3. The molecule has 28 heavy (non-hydrogen) atoms. The number of rotatable bonds is 8. The van der Waals surface area contributed by atoms with Crippen molar-refractivity contribution in [2.75, 3.05) is 20.3 Å². The van der Waals surface area contributed by atoms with Crippen molar-refractivity contribution in [1.82, 2.24) is 14.6 Å². The lowest BCUT2D eigenvalue weighted by atomic mass is 10.1. The van der Waals surface area contributed by atoms with Gasteiger partial charge in [-0.25, -0.2) is 0 Å². The van der Waals surface area contributed by atoms with E-state index in [4.69, 9.17) is 9.47 Å². The van der Waals surface area contributed by atoms with Gasteiger partial charge >= 0.3 is 0 Å². The Morgan fingerprint density at radius 2 is 2.00 bits per heavy atom. The number of aromatic amines is 1. The molecule has 0 saturated heterocycles. The molecule has 4 aromatic rings. The van der Waals surface area contributed by atoms with Gasteiger partial charge in [-0.05, 0) is 29.0 Å². The van der Waals surface area contributed by atoms with E-state index in [2.05, 4.69) is 33.7 Å². The Labute approximate surface area is 166 Å². The Morgan fingerprint density at radius 1 is 1.14 bits per heavy atom. The second-order valence-corrected chi connectivity index (χ2v) is 7.33. The molecule has 0 bridgehead atoms. The van der Waals surface area contributed by atoms with E-state index in [0.717, 1.165) is 28.1 Å². The van der Waals surface area contributed by atoms with Crippen molar-refractivity contribution in [3.05, 3.63) is 70.1 Å². The molecule has 1 N–H and O–H groups in total. The second kappa shape index (κ2) is 8.52. The molecule has 0 fully saturated rings. The summed E-state index contributed by atoms with van der Waals surface area (Å²) < 4.78 is 12.0. The van der Waals surface area contributed by atoms with E-state index in [1.807, 2.05) is 18.2 Å². The molecule has 0 aliphatic heterocycles. The first kappa shape index (κ1) is 18.6. The van der Waals surface area contributed by atoms with Gasteiger partial charge < -0.3 is 14.5 Å². The smallest absolute Gasteiger partial charge is 0.274 e. The van der Waals surface area contributed by atoms with Gasteiger partial charge in [-0.15, -0.1) is 11.3 Å². The average Bonchev–Trinajstić information content (AvgIpc) is 3.36. The summed E-state index contributed by atoms with van der Waals surface area (Å²) in [5, 5.41) is 6.38. The summed E-state index contributed by atoms with van der Waals surface area (Å²) in [7, 11) is 1.67. The Balaban J connectivity index is 1.61. The molecular formula is C21H21N3O3S. The van der Waals surface area contributed by atoms with E-state index in [1.54, 1.807) is 24.6 Å². The molecular weight excluding hydrogens is 374 g/mol. The van der Waals surface area contributed by atoms with Gasteiger partial charge in [0.1, 0.15) is 5.65 Å². The highest BCUT2D eigenvalue weighted by atomic mass is 32.1. The summed E-state index contributed by atoms with van der Waals surface area (Å²) in [5.74, 6) is 0. The lowest BCUT2D eigenvalue weighted by molar-refractivity contribution is 0.0910. The largest absolute Gasteiger partial charge is 0.385 e. The van der Waals surface area contributed by atoms with Crippen molar-refractivity contribution in [2.24, 2.45) is 0 Å². The summed E-state index contributed by atoms with van der Waals surface area (Å²) in [5.41, 5.74) is 4.47. The number of nitrogens with zero attached hydrogens (tertiary/aromatic N) is 2. The van der Waals surface area contributed by atoms with Crippen LogP contribution in [0.3, 0.4) is 0 Å². The van der Waals surface area contributed by atoms with Gasteiger partial charge in [0, 0.05) is 37.0 Å². The minimum absolute atomic E-state index is 0.171. The zero-order valence-corrected chi connectivity index (χ0v) is 16.4. The summed E-state index contributed by atoms with van der Waals surface area (Å²) in [6.07, 6.45) is 2.55. The topological polar surface area (TPSA) is 68.6 Å². The number of benzene rings is 1. The van der Waals surface area contributed by atoms with Crippen molar-refractivity contribution >= 4 is 17.0 Å². The number of fused-ring (bicyclic) bond motifs is 1. The molecule has 6 nitrogen and oxygen atoms in total. The molecule has 0 radical (unpaired) electrons. The Bertz CT molecular complexity index is 1110. The van der Waals surface area contributed by atoms with Crippen LogP contribution in [0.2, 0.25) is 0 Å². The second-order valence-electron chi connectivity index (χ2n) is 6.42. The molecule has 7 heteroatoms. The van der Waals surface area contributed by atoms with E-state index in [9.17, 15) is 4.79 Å². The standard InChI is InChI=1S/C21H21N3O3S/c1-26-8-5-9-27-13-17-11-20(25)24-21(23-17)18(12-22-24)19-10-16(14-28-19)15-6-3-2-4-7-15/h2-4,6-7,10-12,14,23H,5,8-9,13H2,1H3. The molecule has 0 amide bonds. The van der Waals surface area contributed by atoms with Gasteiger partial charge in [-0.3, -0.25) is 4.79 Å². The number of aromatic nitrogens is 3. The van der Waals surface area contributed by atoms with Gasteiger partial charge in [0.2, 0.25) is 0 Å². The third-order valence-corrected chi connectivity index (χ3v) is 5.38. The van der Waals surface area contributed by atoms with Crippen LogP contribution in [0.4, 0.5) is 0 Å². The summed E-state index contributed by atoms with van der Waals surface area (Å²) in [6.45, 7) is 1.59. The summed E-state index contributed by atoms with van der Waals surface area (Å²) >= 11 is 1.64. The quantitative estimate of drug-likeness (QED) is 0.458. The Kier molecular flexibility index (Phi) is 5.66. The lowest BCUT2D eigenvalue weighted by Gasteiger charge is -2.05. The molecule has 144 valence electrons. The number of thiophene rings is 1. The highest BCUT2D eigenvalue weighted by Crippen LogP contribution is 2.33. The van der Waals surface area contributed by atoms with Gasteiger partial charge in [-0.1, -0.05) is 30.3 Å². The molecule has 0 unspecified atom stereocenters. The number of hydrogen-bond acceptors (Lipinski definition) is 5. The maximum absolute atomic E-state index is 12.4. The fourth-order valence-corrected chi connectivity index (χ4v) is 3.97. The molecule has 4 rings (SSSR count). The SMILES string of the molecule is COCCCOCc1cc(=O)n2ncc(-c3cc(-c4ccccc4)cs3)c2[nH]1. The summed E-state index contributed by atoms with van der Waals surface area (Å²) in [4.78, 5) is 16.8. The molecule has 0 spiro atoms. The predicted molar refractivity (Wildman–Crippen MR) is 111 cm³/mol. The van der Waals surface area contributed by atoms with Gasteiger partial charge in [0.25, 0.3) is 5.56 Å². The van der Waals surface area contributed by atoms with E-state index in [-0.39, 0.29) is 5.56 Å². The van der Waals surface area contributed by atoms with Gasteiger partial charge in [-0.2, -0.15) is 9.61 Å². The van der Waals surface area contributed by atoms with E-state index in [1.165, 1.54) is 16.1 Å². The maximum atomic E-state index is 12.4. The predicted octanol–water partition coefficient (Wildman–Crippen LogP) is 3.97. The van der Waals surface area contributed by atoms with Crippen LogP contribution in [0.5, 0.6) is 0 Å². The number of methoxy groups -OCH3 is 1. The molecule has 3 aromatic heterocycles. The van der Waals surface area contributed by atoms with Crippen LogP contribution in [0.1, 0.15) is 12.1 Å².